The third-order valence-corrected chi connectivity index (χ3v) is 4.57. The lowest BCUT2D eigenvalue weighted by molar-refractivity contribution is 0.0238. The van der Waals surface area contributed by atoms with Crippen molar-refractivity contribution in [2.24, 2.45) is 0 Å². The number of rotatable bonds is 3. The number of nitrogens with two attached hydrogens (primary N) is 1. The number of benzene rings is 1. The summed E-state index contributed by atoms with van der Waals surface area (Å²) in [5.74, 6) is 0.900. The Balaban J connectivity index is 1.56. The van der Waals surface area contributed by atoms with Gasteiger partial charge in [-0.15, -0.1) is 0 Å². The highest BCUT2D eigenvalue weighted by molar-refractivity contribution is 5.93. The quantitative estimate of drug-likeness (QED) is 0.738. The van der Waals surface area contributed by atoms with Crippen molar-refractivity contribution in [1.29, 1.82) is 0 Å². The average Bonchev–Trinajstić information content (AvgIpc) is 3.29. The van der Waals surface area contributed by atoms with Crippen molar-refractivity contribution in [3.8, 4) is 5.75 Å². The summed E-state index contributed by atoms with van der Waals surface area (Å²) in [4.78, 5) is 14.0. The number of nitrogen functional groups attached to an aromatic ring is 1. The first-order valence-corrected chi connectivity index (χ1v) is 8.98. The van der Waals surface area contributed by atoms with Gasteiger partial charge in [-0.3, -0.25) is 9.58 Å². The number of methoxy groups -OCH3 is 1. The van der Waals surface area contributed by atoms with Gasteiger partial charge in [0.25, 0.3) is 0 Å². The van der Waals surface area contributed by atoms with E-state index in [-0.39, 0.29) is 6.09 Å². The molecule has 3 aromatic rings. The minimum Gasteiger partial charge on any atom is -0.496 e. The molecule has 0 aliphatic carbocycles. The van der Waals surface area contributed by atoms with E-state index in [9.17, 15) is 4.79 Å². The van der Waals surface area contributed by atoms with E-state index in [0.717, 1.165) is 16.8 Å². The Morgan fingerprint density at radius 1 is 1.32 bits per heavy atom. The van der Waals surface area contributed by atoms with Crippen molar-refractivity contribution in [2.45, 2.75) is 46.0 Å². The van der Waals surface area contributed by atoms with Gasteiger partial charge in [0.1, 0.15) is 16.7 Å². The van der Waals surface area contributed by atoms with Crippen LogP contribution in [0, 0.1) is 0 Å². The molecule has 28 heavy (non-hydrogen) atoms. The lowest BCUT2D eigenvalue weighted by Crippen LogP contribution is -2.33. The van der Waals surface area contributed by atoms with Crippen molar-refractivity contribution in [2.75, 3.05) is 12.8 Å². The van der Waals surface area contributed by atoms with Gasteiger partial charge < -0.3 is 19.7 Å². The molecule has 0 fully saturated rings. The van der Waals surface area contributed by atoms with Crippen molar-refractivity contribution < 1.29 is 18.8 Å². The molecule has 0 bridgehead atoms. The van der Waals surface area contributed by atoms with E-state index < -0.39 is 5.60 Å². The molecular weight excluding hydrogens is 362 g/mol. The SMILES string of the molecule is COc1cc(Cn2ncc3c2CN(C(=O)OC(C)(C)C)C3)cc2onc(N)c12. The maximum absolute atomic E-state index is 12.4. The fraction of sp³-hybridized carbons (Fsp3) is 0.421. The predicted octanol–water partition coefficient (Wildman–Crippen LogP) is 2.91. The van der Waals surface area contributed by atoms with Crippen molar-refractivity contribution in [1.82, 2.24) is 19.8 Å². The summed E-state index contributed by atoms with van der Waals surface area (Å²) in [6.45, 7) is 7.02. The van der Waals surface area contributed by atoms with Crippen LogP contribution in [0.15, 0.2) is 22.9 Å². The highest BCUT2D eigenvalue weighted by atomic mass is 16.6. The van der Waals surface area contributed by atoms with Gasteiger partial charge in [0.05, 0.1) is 38.6 Å². The summed E-state index contributed by atoms with van der Waals surface area (Å²) >= 11 is 0. The number of anilines is 1. The molecule has 0 unspecified atom stereocenters. The minimum absolute atomic E-state index is 0.298. The van der Waals surface area contributed by atoms with Crippen molar-refractivity contribution in [3.05, 3.63) is 35.2 Å². The van der Waals surface area contributed by atoms with Gasteiger partial charge in [0.2, 0.25) is 0 Å². The lowest BCUT2D eigenvalue weighted by atomic mass is 10.1. The normalized spacial score (nSPS) is 13.8. The summed E-state index contributed by atoms with van der Waals surface area (Å²) in [6.07, 6.45) is 1.47. The van der Waals surface area contributed by atoms with Crippen LogP contribution in [0.25, 0.3) is 11.0 Å². The fourth-order valence-corrected chi connectivity index (χ4v) is 3.34. The molecule has 0 saturated heterocycles. The van der Waals surface area contributed by atoms with Gasteiger partial charge in [-0.25, -0.2) is 4.79 Å². The Hall–Kier alpha value is -3.23. The smallest absolute Gasteiger partial charge is 0.410 e. The maximum Gasteiger partial charge on any atom is 0.410 e. The fourth-order valence-electron chi connectivity index (χ4n) is 3.34. The number of fused-ring (bicyclic) bond motifs is 2. The zero-order valence-corrected chi connectivity index (χ0v) is 16.4. The van der Waals surface area contributed by atoms with Gasteiger partial charge in [-0.2, -0.15) is 5.10 Å². The van der Waals surface area contributed by atoms with Gasteiger partial charge in [0, 0.05) is 5.56 Å². The molecule has 9 heteroatoms. The molecule has 1 aromatic carbocycles. The van der Waals surface area contributed by atoms with Crippen molar-refractivity contribution in [3.63, 3.8) is 0 Å². The Bertz CT molecular complexity index is 1050. The summed E-state index contributed by atoms with van der Waals surface area (Å²) in [7, 11) is 1.58. The van der Waals surface area contributed by atoms with E-state index >= 15 is 0 Å². The van der Waals surface area contributed by atoms with Crippen LogP contribution in [0.4, 0.5) is 10.6 Å². The Labute approximate surface area is 162 Å². The van der Waals surface area contributed by atoms with Crippen LogP contribution >= 0.6 is 0 Å². The third kappa shape index (κ3) is 3.23. The molecule has 2 N–H and O–H groups in total. The Morgan fingerprint density at radius 2 is 2.11 bits per heavy atom. The highest BCUT2D eigenvalue weighted by Crippen LogP contribution is 2.33. The van der Waals surface area contributed by atoms with Gasteiger partial charge in [-0.05, 0) is 38.5 Å². The topological polar surface area (TPSA) is 109 Å². The summed E-state index contributed by atoms with van der Waals surface area (Å²) < 4.78 is 18.1. The molecule has 1 amide bonds. The van der Waals surface area contributed by atoms with Crippen LogP contribution in [0.5, 0.6) is 5.75 Å². The Kier molecular flexibility index (Phi) is 4.17. The molecule has 0 saturated carbocycles. The van der Waals surface area contributed by atoms with Crippen LogP contribution in [0.1, 0.15) is 37.6 Å². The van der Waals surface area contributed by atoms with Crippen LogP contribution in [-0.4, -0.2) is 38.6 Å². The van der Waals surface area contributed by atoms with E-state index in [1.54, 1.807) is 18.2 Å². The molecule has 0 spiro atoms. The summed E-state index contributed by atoms with van der Waals surface area (Å²) in [6, 6.07) is 3.76. The number of hydrogen-bond donors (Lipinski definition) is 1. The van der Waals surface area contributed by atoms with Gasteiger partial charge in [-0.1, -0.05) is 5.16 Å². The minimum atomic E-state index is -0.525. The van der Waals surface area contributed by atoms with Crippen LogP contribution in [0.3, 0.4) is 0 Å². The largest absolute Gasteiger partial charge is 0.496 e. The predicted molar refractivity (Wildman–Crippen MR) is 102 cm³/mol. The van der Waals surface area contributed by atoms with E-state index in [4.69, 9.17) is 19.7 Å². The van der Waals surface area contributed by atoms with Crippen LogP contribution < -0.4 is 10.5 Å². The average molecular weight is 385 g/mol. The number of carbonyl (C=O) groups excluding carboxylic acids is 1. The molecule has 1 aliphatic rings. The molecule has 148 valence electrons. The zero-order valence-electron chi connectivity index (χ0n) is 16.4. The van der Waals surface area contributed by atoms with Crippen LogP contribution in [-0.2, 0) is 24.4 Å². The lowest BCUT2D eigenvalue weighted by Gasteiger charge is -2.24. The number of ether oxygens (including phenoxy) is 2. The molecule has 3 heterocycles. The van der Waals surface area contributed by atoms with E-state index in [1.807, 2.05) is 37.6 Å². The summed E-state index contributed by atoms with van der Waals surface area (Å²) in [5, 5.41) is 8.93. The van der Waals surface area contributed by atoms with Crippen LogP contribution in [0.2, 0.25) is 0 Å². The second-order valence-electron chi connectivity index (χ2n) is 7.85. The van der Waals surface area contributed by atoms with Gasteiger partial charge >= 0.3 is 6.09 Å². The summed E-state index contributed by atoms with van der Waals surface area (Å²) in [5.41, 5.74) is 8.82. The number of carbonyl (C=O) groups is 1. The molecule has 4 rings (SSSR count). The second-order valence-corrected chi connectivity index (χ2v) is 7.85. The molecule has 0 radical (unpaired) electrons. The molecule has 2 aromatic heterocycles. The zero-order chi connectivity index (χ0) is 20.1. The highest BCUT2D eigenvalue weighted by Gasteiger charge is 2.30. The Morgan fingerprint density at radius 3 is 2.82 bits per heavy atom. The van der Waals surface area contributed by atoms with E-state index in [1.165, 1.54) is 0 Å². The number of nitrogens with zero attached hydrogens (tertiary/aromatic N) is 4. The molecular formula is C19H23N5O4. The second kappa shape index (κ2) is 6.43. The molecule has 1 aliphatic heterocycles. The number of amides is 1. The standard InChI is InChI=1S/C19H23N5O4/c1-19(2,3)27-18(25)23-9-12-7-21-24(13(12)10-23)8-11-5-14(26-4)16-15(6-11)28-22-17(16)20/h5-7H,8-10H2,1-4H3,(H2,20,22). The first-order chi connectivity index (χ1) is 13.2. The molecule has 9 nitrogen and oxygen atoms in total. The first kappa shape index (κ1) is 18.1. The van der Waals surface area contributed by atoms with Gasteiger partial charge in [0.15, 0.2) is 11.4 Å². The maximum atomic E-state index is 12.4. The molecule has 0 atom stereocenters. The number of hydrogen-bond acceptors (Lipinski definition) is 7. The van der Waals surface area contributed by atoms with E-state index in [0.29, 0.717) is 42.2 Å². The van der Waals surface area contributed by atoms with Crippen molar-refractivity contribution >= 4 is 22.9 Å². The third-order valence-electron chi connectivity index (χ3n) is 4.57. The number of aromatic nitrogens is 3. The van der Waals surface area contributed by atoms with E-state index in [2.05, 4.69) is 10.3 Å². The monoisotopic (exact) mass is 385 g/mol. The first-order valence-electron chi connectivity index (χ1n) is 8.98.